The van der Waals surface area contributed by atoms with Crippen LogP contribution in [-0.2, 0) is 4.79 Å². The average Bonchev–Trinajstić information content (AvgIpc) is 2.63. The lowest BCUT2D eigenvalue weighted by atomic mass is 10.0. The summed E-state index contributed by atoms with van der Waals surface area (Å²) in [6, 6.07) is 13.1. The summed E-state index contributed by atoms with van der Waals surface area (Å²) in [7, 11) is 0. The van der Waals surface area contributed by atoms with Gasteiger partial charge in [-0.15, -0.1) is 0 Å². The first-order valence-corrected chi connectivity index (χ1v) is 8.88. The molecule has 1 amide bonds. The molecule has 1 aliphatic heterocycles. The van der Waals surface area contributed by atoms with Gasteiger partial charge in [-0.1, -0.05) is 19.1 Å². The molecule has 0 aromatic heterocycles. The summed E-state index contributed by atoms with van der Waals surface area (Å²) in [5.74, 6) is 1.33. The second-order valence-corrected chi connectivity index (χ2v) is 6.35. The number of anilines is 1. The first-order valence-electron chi connectivity index (χ1n) is 8.88. The van der Waals surface area contributed by atoms with Gasteiger partial charge in [0.15, 0.2) is 12.4 Å². The first-order chi connectivity index (χ1) is 12.6. The summed E-state index contributed by atoms with van der Waals surface area (Å²) >= 11 is 0. The fourth-order valence-electron chi connectivity index (χ4n) is 2.95. The van der Waals surface area contributed by atoms with Gasteiger partial charge in [0.1, 0.15) is 18.1 Å². The van der Waals surface area contributed by atoms with Crippen molar-refractivity contribution >= 4 is 17.4 Å². The van der Waals surface area contributed by atoms with Crippen LogP contribution in [0.3, 0.4) is 0 Å². The summed E-state index contributed by atoms with van der Waals surface area (Å²) in [6.07, 6.45) is 1.28. The second kappa shape index (κ2) is 8.04. The van der Waals surface area contributed by atoms with E-state index in [0.29, 0.717) is 36.6 Å². The normalized spacial score (nSPS) is 13.2. The molecule has 0 radical (unpaired) electrons. The predicted octanol–water partition coefficient (Wildman–Crippen LogP) is 3.78. The van der Waals surface area contributed by atoms with E-state index < -0.39 is 0 Å². The van der Waals surface area contributed by atoms with Crippen LogP contribution in [0.5, 0.6) is 11.5 Å². The zero-order valence-electron chi connectivity index (χ0n) is 15.2. The number of Topliss-reactive ketones (excluding diaryl/α,β-unsaturated/α-hetero) is 1. The van der Waals surface area contributed by atoms with E-state index in [1.54, 1.807) is 23.1 Å². The van der Waals surface area contributed by atoms with Crippen molar-refractivity contribution in [1.29, 1.82) is 0 Å². The lowest BCUT2D eigenvalue weighted by Gasteiger charge is -2.29. The SMILES string of the molecule is CCCC(=O)c1ccc2c(c1)N(CCOc1cccc(C)c1)C(=O)CO2. The minimum atomic E-state index is -0.134. The molecule has 0 spiro atoms. The number of carbonyl (C=O) groups excluding carboxylic acids is 2. The number of carbonyl (C=O) groups is 2. The molecule has 0 saturated heterocycles. The third-order valence-electron chi connectivity index (χ3n) is 4.27. The summed E-state index contributed by atoms with van der Waals surface area (Å²) < 4.78 is 11.3. The standard InChI is InChI=1S/C21H23NO4/c1-3-5-19(23)16-8-9-20-18(13-16)22(21(24)14-26-20)10-11-25-17-7-4-6-15(2)12-17/h4,6-9,12-13H,3,5,10-11,14H2,1-2H3. The molecule has 0 bridgehead atoms. The van der Waals surface area contributed by atoms with Gasteiger partial charge >= 0.3 is 0 Å². The lowest BCUT2D eigenvalue weighted by molar-refractivity contribution is -0.121. The monoisotopic (exact) mass is 353 g/mol. The zero-order valence-corrected chi connectivity index (χ0v) is 15.2. The Balaban J connectivity index is 1.74. The van der Waals surface area contributed by atoms with E-state index in [0.717, 1.165) is 17.7 Å². The molecule has 0 unspecified atom stereocenters. The van der Waals surface area contributed by atoms with Crippen LogP contribution >= 0.6 is 0 Å². The Morgan fingerprint density at radius 3 is 2.85 bits per heavy atom. The molecule has 1 heterocycles. The van der Waals surface area contributed by atoms with Gasteiger partial charge in [0.05, 0.1) is 12.2 Å². The highest BCUT2D eigenvalue weighted by atomic mass is 16.5. The summed E-state index contributed by atoms with van der Waals surface area (Å²) in [5, 5.41) is 0. The van der Waals surface area contributed by atoms with E-state index >= 15 is 0 Å². The Kier molecular flexibility index (Phi) is 5.56. The molecule has 1 aliphatic rings. The molecule has 5 nitrogen and oxygen atoms in total. The Labute approximate surface area is 153 Å². The van der Waals surface area contributed by atoms with E-state index in [9.17, 15) is 9.59 Å². The highest BCUT2D eigenvalue weighted by molar-refractivity contribution is 6.01. The number of nitrogens with zero attached hydrogens (tertiary/aromatic N) is 1. The van der Waals surface area contributed by atoms with Crippen LogP contribution in [-0.4, -0.2) is 31.4 Å². The van der Waals surface area contributed by atoms with Gasteiger partial charge < -0.3 is 14.4 Å². The number of rotatable bonds is 7. The highest BCUT2D eigenvalue weighted by Gasteiger charge is 2.26. The fraction of sp³-hybridized carbons (Fsp3) is 0.333. The van der Waals surface area contributed by atoms with Crippen molar-refractivity contribution in [2.45, 2.75) is 26.7 Å². The van der Waals surface area contributed by atoms with Gasteiger partial charge in [-0.25, -0.2) is 0 Å². The average molecular weight is 353 g/mol. The molecule has 5 heteroatoms. The van der Waals surface area contributed by atoms with Crippen LogP contribution in [0.4, 0.5) is 5.69 Å². The minimum Gasteiger partial charge on any atom is -0.492 e. The van der Waals surface area contributed by atoms with Crippen LogP contribution in [0.15, 0.2) is 42.5 Å². The molecule has 0 N–H and O–H groups in total. The lowest BCUT2D eigenvalue weighted by Crippen LogP contribution is -2.41. The molecular formula is C21H23NO4. The van der Waals surface area contributed by atoms with Crippen LogP contribution in [0.1, 0.15) is 35.7 Å². The smallest absolute Gasteiger partial charge is 0.265 e. The maximum atomic E-state index is 12.3. The maximum Gasteiger partial charge on any atom is 0.265 e. The Morgan fingerprint density at radius 2 is 2.08 bits per heavy atom. The van der Waals surface area contributed by atoms with E-state index in [1.807, 2.05) is 38.1 Å². The summed E-state index contributed by atoms with van der Waals surface area (Å²) in [6.45, 7) is 4.73. The first kappa shape index (κ1) is 18.0. The van der Waals surface area contributed by atoms with Crippen LogP contribution < -0.4 is 14.4 Å². The number of ether oxygens (including phenoxy) is 2. The number of hydrogen-bond donors (Lipinski definition) is 0. The topological polar surface area (TPSA) is 55.8 Å². The summed E-state index contributed by atoms with van der Waals surface area (Å²) in [4.78, 5) is 26.1. The van der Waals surface area contributed by atoms with Crippen molar-refractivity contribution in [1.82, 2.24) is 0 Å². The van der Waals surface area contributed by atoms with Crippen molar-refractivity contribution in [2.75, 3.05) is 24.7 Å². The van der Waals surface area contributed by atoms with Gasteiger partial charge in [-0.2, -0.15) is 0 Å². The molecule has 2 aromatic carbocycles. The highest BCUT2D eigenvalue weighted by Crippen LogP contribution is 2.33. The molecule has 0 aliphatic carbocycles. The van der Waals surface area contributed by atoms with Crippen LogP contribution in [0.25, 0.3) is 0 Å². The van der Waals surface area contributed by atoms with Gasteiger partial charge in [0, 0.05) is 12.0 Å². The fourth-order valence-corrected chi connectivity index (χ4v) is 2.95. The quantitative estimate of drug-likeness (QED) is 0.711. The molecule has 26 heavy (non-hydrogen) atoms. The molecule has 0 atom stereocenters. The van der Waals surface area contributed by atoms with Crippen LogP contribution in [0, 0.1) is 6.92 Å². The van der Waals surface area contributed by atoms with Gasteiger partial charge in [-0.3, -0.25) is 9.59 Å². The summed E-state index contributed by atoms with van der Waals surface area (Å²) in [5.41, 5.74) is 2.36. The molecule has 136 valence electrons. The van der Waals surface area contributed by atoms with Crippen molar-refractivity contribution in [3.8, 4) is 11.5 Å². The van der Waals surface area contributed by atoms with Crippen molar-refractivity contribution < 1.29 is 19.1 Å². The van der Waals surface area contributed by atoms with Crippen molar-refractivity contribution in [3.05, 3.63) is 53.6 Å². The molecule has 3 rings (SSSR count). The Bertz CT molecular complexity index is 815. The van der Waals surface area contributed by atoms with E-state index in [-0.39, 0.29) is 18.3 Å². The van der Waals surface area contributed by atoms with E-state index in [4.69, 9.17) is 9.47 Å². The molecule has 0 saturated carbocycles. The third-order valence-corrected chi connectivity index (χ3v) is 4.27. The molecular weight excluding hydrogens is 330 g/mol. The van der Waals surface area contributed by atoms with Gasteiger partial charge in [0.2, 0.25) is 0 Å². The predicted molar refractivity (Wildman–Crippen MR) is 100 cm³/mol. The van der Waals surface area contributed by atoms with Crippen molar-refractivity contribution in [2.24, 2.45) is 0 Å². The van der Waals surface area contributed by atoms with Crippen LogP contribution in [0.2, 0.25) is 0 Å². The third kappa shape index (κ3) is 4.04. The second-order valence-electron chi connectivity index (χ2n) is 6.35. The van der Waals surface area contributed by atoms with E-state index in [2.05, 4.69) is 0 Å². The number of fused-ring (bicyclic) bond motifs is 1. The largest absolute Gasteiger partial charge is 0.492 e. The minimum absolute atomic E-state index is 0.000299. The molecule has 0 fully saturated rings. The van der Waals surface area contributed by atoms with Gasteiger partial charge in [-0.05, 0) is 49.2 Å². The number of aryl methyl sites for hydroxylation is 1. The van der Waals surface area contributed by atoms with E-state index in [1.165, 1.54) is 0 Å². The maximum absolute atomic E-state index is 12.3. The molecule has 2 aromatic rings. The Hall–Kier alpha value is -2.82. The zero-order chi connectivity index (χ0) is 18.5. The van der Waals surface area contributed by atoms with Gasteiger partial charge in [0.25, 0.3) is 5.91 Å². The number of hydrogen-bond acceptors (Lipinski definition) is 4. The number of ketones is 1. The van der Waals surface area contributed by atoms with Crippen molar-refractivity contribution in [3.63, 3.8) is 0 Å². The Morgan fingerprint density at radius 1 is 1.23 bits per heavy atom. The number of benzene rings is 2. The number of amides is 1.